The Morgan fingerprint density at radius 1 is 1.26 bits per heavy atom. The fraction of sp³-hybridized carbons (Fsp3) is 0.846. The molecule has 2 N–H and O–H groups in total. The molecule has 0 aliphatic heterocycles. The molecule has 3 atom stereocenters. The summed E-state index contributed by atoms with van der Waals surface area (Å²) in [6.45, 7) is 5.32. The van der Waals surface area contributed by atoms with E-state index in [9.17, 15) is 14.7 Å². The quantitative estimate of drug-likeness (QED) is 0.739. The Balaban J connectivity index is 2.46. The lowest BCUT2D eigenvalue weighted by atomic mass is 9.84. The summed E-state index contributed by atoms with van der Waals surface area (Å²) in [5.74, 6) is -0.605. The molecule has 110 valence electrons. The molecule has 1 aliphatic carbocycles. The predicted octanol–water partition coefficient (Wildman–Crippen LogP) is 1.21. The maximum absolute atomic E-state index is 11.6. The molecular formula is C13H23NO5. The Hall–Kier alpha value is -1.30. The van der Waals surface area contributed by atoms with Gasteiger partial charge in [0, 0.05) is 0 Å². The number of amides is 1. The van der Waals surface area contributed by atoms with Crippen molar-refractivity contribution in [2.24, 2.45) is 5.92 Å². The topological polar surface area (TPSA) is 84.9 Å². The van der Waals surface area contributed by atoms with Crippen molar-refractivity contribution in [3.05, 3.63) is 0 Å². The number of esters is 1. The van der Waals surface area contributed by atoms with Crippen LogP contribution in [0.3, 0.4) is 0 Å². The van der Waals surface area contributed by atoms with E-state index in [1.54, 1.807) is 20.8 Å². The van der Waals surface area contributed by atoms with E-state index in [1.807, 2.05) is 0 Å². The summed E-state index contributed by atoms with van der Waals surface area (Å²) >= 11 is 0. The number of carbonyl (C=O) groups excluding carboxylic acids is 2. The number of carbonyl (C=O) groups is 2. The van der Waals surface area contributed by atoms with Gasteiger partial charge in [-0.05, 0) is 40.0 Å². The van der Waals surface area contributed by atoms with Crippen LogP contribution in [0.4, 0.5) is 4.79 Å². The van der Waals surface area contributed by atoms with E-state index in [4.69, 9.17) is 4.74 Å². The zero-order valence-electron chi connectivity index (χ0n) is 11.9. The van der Waals surface area contributed by atoms with E-state index >= 15 is 0 Å². The van der Waals surface area contributed by atoms with Crippen LogP contribution in [0.15, 0.2) is 0 Å². The van der Waals surface area contributed by atoms with Crippen LogP contribution >= 0.6 is 0 Å². The maximum atomic E-state index is 11.6. The van der Waals surface area contributed by atoms with Crippen molar-refractivity contribution in [1.29, 1.82) is 0 Å². The van der Waals surface area contributed by atoms with Gasteiger partial charge in [0.05, 0.1) is 25.2 Å². The third-order valence-electron chi connectivity index (χ3n) is 3.05. The zero-order valence-corrected chi connectivity index (χ0v) is 11.9. The fourth-order valence-electron chi connectivity index (χ4n) is 2.15. The van der Waals surface area contributed by atoms with Gasteiger partial charge in [0.1, 0.15) is 5.60 Å². The smallest absolute Gasteiger partial charge is 0.407 e. The Labute approximate surface area is 113 Å². The molecule has 0 radical (unpaired) electrons. The van der Waals surface area contributed by atoms with Crippen LogP contribution in [-0.4, -0.2) is 42.0 Å². The normalized spacial score (nSPS) is 27.5. The zero-order chi connectivity index (χ0) is 14.6. The lowest BCUT2D eigenvalue weighted by molar-refractivity contribution is -0.148. The Kier molecular flexibility index (Phi) is 5.17. The van der Waals surface area contributed by atoms with Gasteiger partial charge < -0.3 is 19.9 Å². The van der Waals surface area contributed by atoms with Crippen LogP contribution < -0.4 is 5.32 Å². The maximum Gasteiger partial charge on any atom is 0.407 e. The third-order valence-corrected chi connectivity index (χ3v) is 3.05. The molecule has 1 amide bonds. The van der Waals surface area contributed by atoms with Gasteiger partial charge in [-0.15, -0.1) is 0 Å². The Morgan fingerprint density at radius 2 is 1.89 bits per heavy atom. The van der Waals surface area contributed by atoms with Crippen LogP contribution in [-0.2, 0) is 14.3 Å². The number of aliphatic hydroxyl groups excluding tert-OH is 1. The first kappa shape index (κ1) is 15.8. The SMILES string of the molecule is COC(=O)C1CCC(NC(=O)OC(C)(C)C)C(O)C1. The molecule has 0 spiro atoms. The second-order valence-electron chi connectivity index (χ2n) is 5.85. The van der Waals surface area contributed by atoms with Gasteiger partial charge in [-0.2, -0.15) is 0 Å². The standard InChI is InChI=1S/C13H23NO5/c1-13(2,3)19-12(17)14-9-6-5-8(7-10(9)15)11(16)18-4/h8-10,15H,5-7H2,1-4H3,(H,14,17). The summed E-state index contributed by atoms with van der Waals surface area (Å²) in [6, 6.07) is -0.379. The van der Waals surface area contributed by atoms with E-state index in [0.29, 0.717) is 19.3 Å². The molecule has 6 nitrogen and oxygen atoms in total. The van der Waals surface area contributed by atoms with E-state index in [-0.39, 0.29) is 17.9 Å². The third kappa shape index (κ3) is 5.06. The lowest BCUT2D eigenvalue weighted by Gasteiger charge is -2.32. The number of aliphatic hydroxyl groups is 1. The van der Waals surface area contributed by atoms with Crippen LogP contribution in [0.25, 0.3) is 0 Å². The first-order chi connectivity index (χ1) is 8.73. The van der Waals surface area contributed by atoms with Gasteiger partial charge >= 0.3 is 12.1 Å². The summed E-state index contributed by atoms with van der Waals surface area (Å²) in [5, 5.41) is 12.6. The molecule has 0 bridgehead atoms. The van der Waals surface area contributed by atoms with Crippen LogP contribution in [0.2, 0.25) is 0 Å². The minimum absolute atomic E-state index is 0.295. The van der Waals surface area contributed by atoms with Gasteiger partial charge in [-0.3, -0.25) is 4.79 Å². The highest BCUT2D eigenvalue weighted by molar-refractivity contribution is 5.72. The van der Waals surface area contributed by atoms with Crippen molar-refractivity contribution in [3.8, 4) is 0 Å². The Morgan fingerprint density at radius 3 is 2.37 bits per heavy atom. The van der Waals surface area contributed by atoms with Gasteiger partial charge in [0.25, 0.3) is 0 Å². The highest BCUT2D eigenvalue weighted by Crippen LogP contribution is 2.26. The van der Waals surface area contributed by atoms with Crippen molar-refractivity contribution >= 4 is 12.1 Å². The van der Waals surface area contributed by atoms with Gasteiger partial charge in [-0.1, -0.05) is 0 Å². The van der Waals surface area contributed by atoms with E-state index < -0.39 is 17.8 Å². The summed E-state index contributed by atoms with van der Waals surface area (Å²) in [7, 11) is 1.33. The summed E-state index contributed by atoms with van der Waals surface area (Å²) < 4.78 is 9.79. The number of nitrogens with one attached hydrogen (secondary N) is 1. The molecule has 0 saturated heterocycles. The number of hydrogen-bond acceptors (Lipinski definition) is 5. The molecule has 1 fully saturated rings. The molecule has 3 unspecified atom stereocenters. The molecule has 6 heteroatoms. The summed E-state index contributed by atoms with van der Waals surface area (Å²) in [6.07, 6.45) is 0.107. The molecular weight excluding hydrogens is 250 g/mol. The van der Waals surface area contributed by atoms with Gasteiger partial charge in [0.2, 0.25) is 0 Å². The van der Waals surface area contributed by atoms with Crippen molar-refractivity contribution < 1.29 is 24.2 Å². The second kappa shape index (κ2) is 6.23. The molecule has 0 aromatic heterocycles. The number of alkyl carbamates (subject to hydrolysis) is 1. The lowest BCUT2D eigenvalue weighted by Crippen LogP contribution is -2.49. The molecule has 0 aromatic rings. The van der Waals surface area contributed by atoms with Gasteiger partial charge in [0.15, 0.2) is 0 Å². The van der Waals surface area contributed by atoms with E-state index in [2.05, 4.69) is 10.1 Å². The minimum atomic E-state index is -0.759. The largest absolute Gasteiger partial charge is 0.469 e. The molecule has 1 saturated carbocycles. The molecule has 0 heterocycles. The van der Waals surface area contributed by atoms with Crippen LogP contribution in [0, 0.1) is 5.92 Å². The summed E-state index contributed by atoms with van der Waals surface area (Å²) in [5.41, 5.74) is -0.571. The minimum Gasteiger partial charge on any atom is -0.469 e. The highest BCUT2D eigenvalue weighted by Gasteiger charge is 2.34. The second-order valence-corrected chi connectivity index (χ2v) is 5.85. The molecule has 1 aliphatic rings. The summed E-state index contributed by atoms with van der Waals surface area (Å²) in [4.78, 5) is 23.0. The Bertz CT molecular complexity index is 336. The predicted molar refractivity (Wildman–Crippen MR) is 68.5 cm³/mol. The van der Waals surface area contributed by atoms with Crippen LogP contribution in [0.5, 0.6) is 0 Å². The number of ether oxygens (including phenoxy) is 2. The number of hydrogen-bond donors (Lipinski definition) is 2. The number of methoxy groups -OCH3 is 1. The van der Waals surface area contributed by atoms with Crippen LogP contribution in [0.1, 0.15) is 40.0 Å². The number of rotatable bonds is 2. The molecule has 0 aromatic carbocycles. The average molecular weight is 273 g/mol. The average Bonchev–Trinajstić information content (AvgIpc) is 2.28. The molecule has 19 heavy (non-hydrogen) atoms. The van der Waals surface area contributed by atoms with Crippen molar-refractivity contribution in [2.45, 2.75) is 57.8 Å². The monoisotopic (exact) mass is 273 g/mol. The highest BCUT2D eigenvalue weighted by atomic mass is 16.6. The van der Waals surface area contributed by atoms with Crippen molar-refractivity contribution in [2.75, 3.05) is 7.11 Å². The van der Waals surface area contributed by atoms with Crippen molar-refractivity contribution in [1.82, 2.24) is 5.32 Å². The first-order valence-corrected chi connectivity index (χ1v) is 6.48. The molecule has 1 rings (SSSR count). The van der Waals surface area contributed by atoms with Crippen molar-refractivity contribution in [3.63, 3.8) is 0 Å². The fourth-order valence-corrected chi connectivity index (χ4v) is 2.15. The first-order valence-electron chi connectivity index (χ1n) is 6.48. The van der Waals surface area contributed by atoms with E-state index in [1.165, 1.54) is 7.11 Å². The van der Waals surface area contributed by atoms with E-state index in [0.717, 1.165) is 0 Å². The van der Waals surface area contributed by atoms with Gasteiger partial charge in [-0.25, -0.2) is 4.79 Å².